The minimum absolute atomic E-state index is 0.934. The Kier molecular flexibility index (Phi) is 4.55. The lowest BCUT2D eigenvalue weighted by Crippen LogP contribution is -1.91. The molecule has 7 aromatic carbocycles. The Bertz CT molecular complexity index is 2380. The van der Waals surface area contributed by atoms with Crippen LogP contribution in [0.5, 0.6) is 0 Å². The minimum Gasteiger partial charge on any atom is -0.456 e. The van der Waals surface area contributed by atoms with Gasteiger partial charge in [-0.25, -0.2) is 0 Å². The molecule has 0 atom stereocenters. The van der Waals surface area contributed by atoms with Gasteiger partial charge in [0, 0.05) is 26.4 Å². The van der Waals surface area contributed by atoms with E-state index in [0.717, 1.165) is 11.2 Å². The van der Waals surface area contributed by atoms with E-state index in [1.165, 1.54) is 75.4 Å². The summed E-state index contributed by atoms with van der Waals surface area (Å²) in [4.78, 5) is 0. The molecule has 0 bridgehead atoms. The highest BCUT2D eigenvalue weighted by Crippen LogP contribution is 2.48. The summed E-state index contributed by atoms with van der Waals surface area (Å²) in [5, 5.41) is 13.4. The van der Waals surface area contributed by atoms with Gasteiger partial charge >= 0.3 is 0 Å². The molecular formula is C38H22OS. The van der Waals surface area contributed by atoms with Crippen LogP contribution in [0.3, 0.4) is 0 Å². The van der Waals surface area contributed by atoms with E-state index < -0.39 is 0 Å². The number of furan rings is 1. The number of para-hydroxylation sites is 1. The lowest BCUT2D eigenvalue weighted by molar-refractivity contribution is 0.669. The topological polar surface area (TPSA) is 13.1 Å². The molecular weight excluding hydrogens is 504 g/mol. The van der Waals surface area contributed by atoms with Gasteiger partial charge in [-0.05, 0) is 78.7 Å². The molecule has 2 aromatic heterocycles. The summed E-state index contributed by atoms with van der Waals surface area (Å²) in [7, 11) is 0. The van der Waals surface area contributed by atoms with Crippen LogP contribution in [0.2, 0.25) is 0 Å². The van der Waals surface area contributed by atoms with Crippen molar-refractivity contribution < 1.29 is 4.42 Å². The summed E-state index contributed by atoms with van der Waals surface area (Å²) in [5.74, 6) is 0. The fourth-order valence-corrected chi connectivity index (χ4v) is 7.54. The molecule has 0 saturated heterocycles. The van der Waals surface area contributed by atoms with E-state index in [1.807, 2.05) is 17.4 Å². The summed E-state index contributed by atoms with van der Waals surface area (Å²) < 4.78 is 7.75. The first kappa shape index (κ1) is 22.0. The molecule has 2 heterocycles. The fraction of sp³-hybridized carbons (Fsp3) is 0. The highest BCUT2D eigenvalue weighted by Gasteiger charge is 2.21. The Morgan fingerprint density at radius 1 is 0.450 bits per heavy atom. The van der Waals surface area contributed by atoms with Crippen molar-refractivity contribution in [2.45, 2.75) is 0 Å². The van der Waals surface area contributed by atoms with Crippen LogP contribution in [0.4, 0.5) is 0 Å². The number of fused-ring (bicyclic) bond motifs is 8. The first-order chi connectivity index (χ1) is 19.8. The summed E-state index contributed by atoms with van der Waals surface area (Å²) in [5.41, 5.74) is 6.90. The zero-order valence-electron chi connectivity index (χ0n) is 21.5. The molecule has 0 aliphatic heterocycles. The number of hydrogen-bond donors (Lipinski definition) is 0. The van der Waals surface area contributed by atoms with Crippen molar-refractivity contribution in [3.8, 4) is 22.3 Å². The number of benzene rings is 7. The van der Waals surface area contributed by atoms with E-state index in [1.54, 1.807) is 0 Å². The van der Waals surface area contributed by atoms with Crippen molar-refractivity contribution in [1.82, 2.24) is 0 Å². The van der Waals surface area contributed by atoms with Crippen molar-refractivity contribution in [2.24, 2.45) is 0 Å². The van der Waals surface area contributed by atoms with E-state index in [-0.39, 0.29) is 0 Å². The molecule has 9 rings (SSSR count). The highest BCUT2D eigenvalue weighted by molar-refractivity contribution is 7.18. The third-order valence-corrected chi connectivity index (χ3v) is 9.26. The first-order valence-corrected chi connectivity index (χ1v) is 14.5. The molecule has 0 aliphatic rings. The van der Waals surface area contributed by atoms with Gasteiger partial charge in [0.1, 0.15) is 11.2 Å². The van der Waals surface area contributed by atoms with Crippen LogP contribution in [0.15, 0.2) is 137 Å². The van der Waals surface area contributed by atoms with Crippen molar-refractivity contribution in [3.05, 3.63) is 133 Å². The zero-order chi connectivity index (χ0) is 26.2. The second kappa shape index (κ2) is 8.29. The van der Waals surface area contributed by atoms with Crippen LogP contribution >= 0.6 is 11.3 Å². The van der Waals surface area contributed by atoms with Gasteiger partial charge in [-0.3, -0.25) is 0 Å². The van der Waals surface area contributed by atoms with Crippen LogP contribution < -0.4 is 0 Å². The first-order valence-electron chi connectivity index (χ1n) is 13.6. The minimum atomic E-state index is 0.934. The molecule has 0 radical (unpaired) electrons. The van der Waals surface area contributed by atoms with E-state index >= 15 is 0 Å². The Morgan fingerprint density at radius 3 is 1.82 bits per heavy atom. The Labute approximate surface area is 234 Å². The maximum absolute atomic E-state index is 6.45. The van der Waals surface area contributed by atoms with Gasteiger partial charge in [-0.15, -0.1) is 11.3 Å². The van der Waals surface area contributed by atoms with Crippen molar-refractivity contribution in [2.75, 3.05) is 0 Å². The third-order valence-electron chi connectivity index (χ3n) is 8.32. The Balaban J connectivity index is 1.44. The second-order valence-electron chi connectivity index (χ2n) is 10.5. The van der Waals surface area contributed by atoms with Crippen molar-refractivity contribution in [3.63, 3.8) is 0 Å². The molecule has 2 heteroatoms. The van der Waals surface area contributed by atoms with Gasteiger partial charge in [0.2, 0.25) is 0 Å². The lowest BCUT2D eigenvalue weighted by Gasteiger charge is -2.18. The monoisotopic (exact) mass is 526 g/mol. The van der Waals surface area contributed by atoms with Crippen molar-refractivity contribution in [1.29, 1.82) is 0 Å². The normalized spacial score (nSPS) is 12.0. The smallest absolute Gasteiger partial charge is 0.136 e. The third kappa shape index (κ3) is 3.03. The van der Waals surface area contributed by atoms with Gasteiger partial charge in [0.15, 0.2) is 0 Å². The summed E-state index contributed by atoms with van der Waals surface area (Å²) in [6.45, 7) is 0. The molecule has 1 nitrogen and oxygen atoms in total. The second-order valence-corrected chi connectivity index (χ2v) is 11.4. The molecule has 0 N–H and O–H groups in total. The number of thiophene rings is 1. The molecule has 0 aliphatic carbocycles. The predicted octanol–water partition coefficient (Wildman–Crippen LogP) is 11.6. The van der Waals surface area contributed by atoms with E-state index in [4.69, 9.17) is 4.42 Å². The van der Waals surface area contributed by atoms with Crippen LogP contribution in [0.25, 0.3) is 86.6 Å². The van der Waals surface area contributed by atoms with Crippen LogP contribution in [-0.2, 0) is 0 Å². The average molecular weight is 527 g/mol. The van der Waals surface area contributed by atoms with Gasteiger partial charge in [-0.1, -0.05) is 103 Å². The predicted molar refractivity (Wildman–Crippen MR) is 172 cm³/mol. The molecule has 186 valence electrons. The van der Waals surface area contributed by atoms with E-state index in [0.29, 0.717) is 0 Å². The molecule has 0 amide bonds. The quantitative estimate of drug-likeness (QED) is 0.204. The molecule has 0 spiro atoms. The van der Waals surface area contributed by atoms with E-state index in [2.05, 4.69) is 127 Å². The van der Waals surface area contributed by atoms with Crippen LogP contribution in [-0.4, -0.2) is 0 Å². The Hall–Kier alpha value is -4.92. The summed E-state index contributed by atoms with van der Waals surface area (Å²) >= 11 is 1.81. The number of hydrogen-bond acceptors (Lipinski definition) is 2. The molecule has 9 aromatic rings. The molecule has 40 heavy (non-hydrogen) atoms. The SMILES string of the molecule is c1ccc2cc(-c3c4ccccc4c(-c4cc5oc6ccccc6c5c5ccsc45)c4ccccc34)ccc2c1. The average Bonchev–Trinajstić information content (AvgIpc) is 3.64. The maximum atomic E-state index is 6.45. The van der Waals surface area contributed by atoms with Gasteiger partial charge in [0.25, 0.3) is 0 Å². The lowest BCUT2D eigenvalue weighted by atomic mass is 9.85. The molecule has 0 fully saturated rings. The largest absolute Gasteiger partial charge is 0.456 e. The van der Waals surface area contributed by atoms with Gasteiger partial charge in [0.05, 0.1) is 0 Å². The van der Waals surface area contributed by atoms with Crippen LogP contribution in [0.1, 0.15) is 0 Å². The Morgan fingerprint density at radius 2 is 1.07 bits per heavy atom. The highest BCUT2D eigenvalue weighted by atomic mass is 32.1. The van der Waals surface area contributed by atoms with Crippen LogP contribution in [0, 0.1) is 0 Å². The molecule has 0 saturated carbocycles. The maximum Gasteiger partial charge on any atom is 0.136 e. The summed E-state index contributed by atoms with van der Waals surface area (Å²) in [6, 6.07) is 46.1. The summed E-state index contributed by atoms with van der Waals surface area (Å²) in [6.07, 6.45) is 0. The van der Waals surface area contributed by atoms with E-state index in [9.17, 15) is 0 Å². The van der Waals surface area contributed by atoms with Crippen molar-refractivity contribution >= 4 is 75.7 Å². The zero-order valence-corrected chi connectivity index (χ0v) is 22.3. The van der Waals surface area contributed by atoms with Gasteiger partial charge < -0.3 is 4.42 Å². The fourth-order valence-electron chi connectivity index (χ4n) is 6.62. The van der Waals surface area contributed by atoms with Gasteiger partial charge in [-0.2, -0.15) is 0 Å². The standard InChI is InChI=1S/C38H22OS/c1-2-10-24-21-25(18-17-23(24)9-1)35-26-11-3-5-13-28(26)36(29-14-6-4-12-27(29)35)32-22-34-37(31-19-20-40-38(31)32)30-15-7-8-16-33(30)39-34/h1-22H. The number of rotatable bonds is 2. The molecule has 0 unspecified atom stereocenters.